The Morgan fingerprint density at radius 3 is 2.77 bits per heavy atom. The van der Waals surface area contributed by atoms with Gasteiger partial charge in [0.25, 0.3) is 0 Å². The van der Waals surface area contributed by atoms with Crippen LogP contribution in [0.5, 0.6) is 0 Å². The molecule has 0 aliphatic carbocycles. The van der Waals surface area contributed by atoms with E-state index in [1.54, 1.807) is 0 Å². The van der Waals surface area contributed by atoms with Gasteiger partial charge in [0.15, 0.2) is 0 Å². The molecule has 0 radical (unpaired) electrons. The Hall–Kier alpha value is -1.93. The lowest BCUT2D eigenvalue weighted by Crippen LogP contribution is -2.42. The van der Waals surface area contributed by atoms with Gasteiger partial charge in [-0.05, 0) is 47.0 Å². The molecule has 0 aromatic carbocycles. The third-order valence-electron chi connectivity index (χ3n) is 4.75. The molecule has 1 atom stereocenters. The molecule has 8 heteroatoms. The van der Waals surface area contributed by atoms with E-state index >= 15 is 0 Å². The van der Waals surface area contributed by atoms with Crippen LogP contribution in [0.4, 0.5) is 17.6 Å². The number of anilines is 3. The first-order valence-electron chi connectivity index (χ1n) is 9.07. The van der Waals surface area contributed by atoms with Crippen molar-refractivity contribution in [1.29, 1.82) is 0 Å². The van der Waals surface area contributed by atoms with Crippen LogP contribution in [0.1, 0.15) is 12.8 Å². The molecule has 0 bridgehead atoms. The molecule has 138 valence electrons. The third kappa shape index (κ3) is 4.24. The molecule has 1 N–H and O–H groups in total. The summed E-state index contributed by atoms with van der Waals surface area (Å²) in [5.41, 5.74) is 0. The predicted octanol–water partition coefficient (Wildman–Crippen LogP) is 2.55. The summed E-state index contributed by atoms with van der Waals surface area (Å²) in [5.74, 6) is 2.69. The highest BCUT2D eigenvalue weighted by molar-refractivity contribution is 9.10. The van der Waals surface area contributed by atoms with Gasteiger partial charge in [-0.3, -0.25) is 0 Å². The molecule has 0 saturated carbocycles. The fourth-order valence-electron chi connectivity index (χ4n) is 3.41. The zero-order valence-corrected chi connectivity index (χ0v) is 16.2. The molecule has 1 unspecified atom stereocenters. The van der Waals surface area contributed by atoms with Crippen LogP contribution in [-0.4, -0.2) is 60.4 Å². The number of rotatable bonds is 4. The van der Waals surface area contributed by atoms with E-state index in [9.17, 15) is 0 Å². The van der Waals surface area contributed by atoms with Gasteiger partial charge in [-0.25, -0.2) is 9.97 Å². The average molecular weight is 419 g/mol. The van der Waals surface area contributed by atoms with Crippen molar-refractivity contribution in [2.75, 3.05) is 54.5 Å². The van der Waals surface area contributed by atoms with Gasteiger partial charge < -0.3 is 19.9 Å². The lowest BCUT2D eigenvalue weighted by molar-refractivity contribution is 0.122. The van der Waals surface area contributed by atoms with E-state index in [-0.39, 0.29) is 0 Å². The number of hydrogen-bond donors (Lipinski definition) is 1. The molecule has 2 aromatic rings. The van der Waals surface area contributed by atoms with Crippen LogP contribution >= 0.6 is 15.9 Å². The second kappa shape index (κ2) is 8.18. The summed E-state index contributed by atoms with van der Waals surface area (Å²) in [6, 6.07) is 6.40. The molecule has 0 amide bonds. The standard InChI is InChI=1S/C18H23BrN6O/c19-14-3-4-17(21-12-14)25-7-1-2-15(13-25)22-16-5-6-20-18(23-16)24-8-10-26-11-9-24/h3-6,12,15H,1-2,7-11,13H2,(H,20,22,23). The number of aromatic nitrogens is 3. The quantitative estimate of drug-likeness (QED) is 0.817. The maximum Gasteiger partial charge on any atom is 0.227 e. The molecule has 0 spiro atoms. The summed E-state index contributed by atoms with van der Waals surface area (Å²) in [6.07, 6.45) is 5.95. The normalized spacial score (nSPS) is 20.9. The van der Waals surface area contributed by atoms with E-state index < -0.39 is 0 Å². The highest BCUT2D eigenvalue weighted by Gasteiger charge is 2.22. The second-order valence-electron chi connectivity index (χ2n) is 6.61. The van der Waals surface area contributed by atoms with Gasteiger partial charge in [-0.1, -0.05) is 0 Å². The Labute approximate surface area is 161 Å². The van der Waals surface area contributed by atoms with E-state index in [1.165, 1.54) is 0 Å². The first-order valence-corrected chi connectivity index (χ1v) is 9.86. The molecular weight excluding hydrogens is 396 g/mol. The van der Waals surface area contributed by atoms with Crippen molar-refractivity contribution in [3.05, 3.63) is 35.1 Å². The largest absolute Gasteiger partial charge is 0.378 e. The lowest BCUT2D eigenvalue weighted by atomic mass is 10.1. The first kappa shape index (κ1) is 17.5. The minimum absolute atomic E-state index is 0.349. The topological polar surface area (TPSA) is 66.4 Å². The molecule has 2 aromatic heterocycles. The summed E-state index contributed by atoms with van der Waals surface area (Å²) in [4.78, 5) is 18.2. The minimum Gasteiger partial charge on any atom is -0.378 e. The SMILES string of the molecule is Brc1ccc(N2CCCC(Nc3ccnc(N4CCOCC4)n3)C2)nc1. The number of nitrogens with zero attached hydrogens (tertiary/aromatic N) is 5. The molecule has 4 rings (SSSR count). The number of nitrogens with one attached hydrogen (secondary N) is 1. The molecule has 26 heavy (non-hydrogen) atoms. The Balaban J connectivity index is 1.41. The van der Waals surface area contributed by atoms with Crippen LogP contribution in [0.2, 0.25) is 0 Å². The molecule has 2 aliphatic heterocycles. The highest BCUT2D eigenvalue weighted by Crippen LogP contribution is 2.22. The zero-order chi connectivity index (χ0) is 17.8. The molecule has 2 aliphatic rings. The van der Waals surface area contributed by atoms with Gasteiger partial charge in [0.2, 0.25) is 5.95 Å². The van der Waals surface area contributed by atoms with Crippen LogP contribution in [0, 0.1) is 0 Å². The zero-order valence-electron chi connectivity index (χ0n) is 14.6. The Bertz CT molecular complexity index is 722. The van der Waals surface area contributed by atoms with E-state index in [4.69, 9.17) is 9.72 Å². The average Bonchev–Trinajstić information content (AvgIpc) is 2.70. The molecule has 4 heterocycles. The van der Waals surface area contributed by atoms with Gasteiger partial charge >= 0.3 is 0 Å². The lowest BCUT2D eigenvalue weighted by Gasteiger charge is -2.34. The monoisotopic (exact) mass is 418 g/mol. The Morgan fingerprint density at radius 2 is 1.96 bits per heavy atom. The molecule has 2 saturated heterocycles. The summed E-state index contributed by atoms with van der Waals surface area (Å²) in [5, 5.41) is 3.58. The predicted molar refractivity (Wildman–Crippen MR) is 106 cm³/mol. The Morgan fingerprint density at radius 1 is 1.08 bits per heavy atom. The van der Waals surface area contributed by atoms with E-state index in [1.807, 2.05) is 24.5 Å². The highest BCUT2D eigenvalue weighted by atomic mass is 79.9. The van der Waals surface area contributed by atoms with Gasteiger partial charge in [0.05, 0.1) is 13.2 Å². The number of piperidine rings is 1. The van der Waals surface area contributed by atoms with Crippen LogP contribution in [0.3, 0.4) is 0 Å². The third-order valence-corrected chi connectivity index (χ3v) is 5.22. The van der Waals surface area contributed by atoms with Crippen molar-refractivity contribution in [3.8, 4) is 0 Å². The van der Waals surface area contributed by atoms with Crippen LogP contribution in [0.15, 0.2) is 35.1 Å². The summed E-state index contributed by atoms with van der Waals surface area (Å²) in [6.45, 7) is 5.12. The van der Waals surface area contributed by atoms with E-state index in [2.05, 4.69) is 47.1 Å². The molecular formula is C18H23BrN6O. The van der Waals surface area contributed by atoms with Gasteiger partial charge in [0.1, 0.15) is 11.6 Å². The van der Waals surface area contributed by atoms with Gasteiger partial charge in [-0.15, -0.1) is 0 Å². The van der Waals surface area contributed by atoms with Crippen LogP contribution in [0.25, 0.3) is 0 Å². The van der Waals surface area contributed by atoms with E-state index in [0.717, 1.165) is 74.3 Å². The van der Waals surface area contributed by atoms with Crippen LogP contribution in [-0.2, 0) is 4.74 Å². The minimum atomic E-state index is 0.349. The number of hydrogen-bond acceptors (Lipinski definition) is 7. The second-order valence-corrected chi connectivity index (χ2v) is 7.52. The maximum absolute atomic E-state index is 5.41. The fraction of sp³-hybridized carbons (Fsp3) is 0.500. The van der Waals surface area contributed by atoms with Gasteiger partial charge in [-0.2, -0.15) is 4.98 Å². The number of morpholine rings is 1. The van der Waals surface area contributed by atoms with Crippen molar-refractivity contribution in [2.45, 2.75) is 18.9 Å². The maximum atomic E-state index is 5.41. The smallest absolute Gasteiger partial charge is 0.227 e. The first-order chi connectivity index (χ1) is 12.8. The summed E-state index contributed by atoms with van der Waals surface area (Å²) in [7, 11) is 0. The van der Waals surface area contributed by atoms with E-state index in [0.29, 0.717) is 6.04 Å². The van der Waals surface area contributed by atoms with Crippen LogP contribution < -0.4 is 15.1 Å². The molecule has 7 nitrogen and oxygen atoms in total. The van der Waals surface area contributed by atoms with Gasteiger partial charge in [0, 0.05) is 49.1 Å². The van der Waals surface area contributed by atoms with Crippen molar-refractivity contribution >= 4 is 33.5 Å². The summed E-state index contributed by atoms with van der Waals surface area (Å²) < 4.78 is 6.41. The van der Waals surface area contributed by atoms with Crippen molar-refractivity contribution in [1.82, 2.24) is 15.0 Å². The number of halogens is 1. The molecule has 2 fully saturated rings. The Kier molecular flexibility index (Phi) is 5.50. The van der Waals surface area contributed by atoms with Crippen molar-refractivity contribution in [2.24, 2.45) is 0 Å². The number of ether oxygens (including phenoxy) is 1. The summed E-state index contributed by atoms with van der Waals surface area (Å²) >= 11 is 3.45. The van der Waals surface area contributed by atoms with Crippen molar-refractivity contribution in [3.63, 3.8) is 0 Å². The fourth-order valence-corrected chi connectivity index (χ4v) is 3.65. The van der Waals surface area contributed by atoms with Crippen molar-refractivity contribution < 1.29 is 4.74 Å². The number of pyridine rings is 1.